The molecule has 3 aromatic rings. The zero-order valence-corrected chi connectivity index (χ0v) is 20.0. The minimum atomic E-state index is -3.72. The van der Waals surface area contributed by atoms with Crippen LogP contribution in [-0.4, -0.2) is 36.3 Å². The second kappa shape index (κ2) is 9.67. The molecule has 1 aromatic heterocycles. The van der Waals surface area contributed by atoms with Crippen molar-refractivity contribution in [1.29, 1.82) is 0 Å². The highest BCUT2D eigenvalue weighted by atomic mass is 35.5. The van der Waals surface area contributed by atoms with Gasteiger partial charge >= 0.3 is 0 Å². The Kier molecular flexibility index (Phi) is 6.88. The fraction of sp³-hybridized carbons (Fsp3) is 0.333. The van der Waals surface area contributed by atoms with E-state index in [1.165, 1.54) is 22.6 Å². The maximum Gasteiger partial charge on any atom is 0.257 e. The van der Waals surface area contributed by atoms with E-state index in [0.717, 1.165) is 31.2 Å². The number of pyridine rings is 1. The number of halogens is 1. The van der Waals surface area contributed by atoms with E-state index in [1.807, 2.05) is 6.07 Å². The van der Waals surface area contributed by atoms with Gasteiger partial charge in [0.2, 0.25) is 15.5 Å². The Hall–Kier alpha value is -2.68. The first kappa shape index (κ1) is 23.5. The highest BCUT2D eigenvalue weighted by Gasteiger charge is 2.26. The highest BCUT2D eigenvalue weighted by molar-refractivity contribution is 7.89. The van der Waals surface area contributed by atoms with Gasteiger partial charge in [-0.15, -0.1) is 0 Å². The summed E-state index contributed by atoms with van der Waals surface area (Å²) >= 11 is 6.14. The molecule has 1 amide bonds. The molecule has 0 spiro atoms. The molecule has 0 bridgehead atoms. The van der Waals surface area contributed by atoms with E-state index in [1.54, 1.807) is 35.9 Å². The first-order valence-electron chi connectivity index (χ1n) is 10.9. The van der Waals surface area contributed by atoms with E-state index in [0.29, 0.717) is 23.6 Å². The molecule has 174 valence electrons. The average Bonchev–Trinajstić information content (AvgIpc) is 3.10. The van der Waals surface area contributed by atoms with Crippen LogP contribution in [0, 0.1) is 0 Å². The number of carbonyl (C=O) groups is 1. The van der Waals surface area contributed by atoms with E-state index in [9.17, 15) is 18.0 Å². The fourth-order valence-electron chi connectivity index (χ4n) is 4.14. The molecule has 4 rings (SSSR count). The van der Waals surface area contributed by atoms with E-state index in [2.05, 4.69) is 5.32 Å². The first-order valence-corrected chi connectivity index (χ1v) is 12.8. The number of benzene rings is 2. The number of rotatable bonds is 5. The molecule has 0 radical (unpaired) electrons. The van der Waals surface area contributed by atoms with Crippen molar-refractivity contribution in [1.82, 2.24) is 14.2 Å². The molecule has 33 heavy (non-hydrogen) atoms. The minimum absolute atomic E-state index is 0.0543. The van der Waals surface area contributed by atoms with Gasteiger partial charge in [0.05, 0.1) is 10.4 Å². The maximum absolute atomic E-state index is 13.2. The van der Waals surface area contributed by atoms with E-state index >= 15 is 0 Å². The van der Waals surface area contributed by atoms with Crippen molar-refractivity contribution in [3.63, 3.8) is 0 Å². The Bertz CT molecular complexity index is 1360. The highest BCUT2D eigenvalue weighted by Crippen LogP contribution is 2.23. The van der Waals surface area contributed by atoms with Crippen molar-refractivity contribution < 1.29 is 13.2 Å². The predicted octanol–water partition coefficient (Wildman–Crippen LogP) is 3.69. The summed E-state index contributed by atoms with van der Waals surface area (Å²) in [6.45, 7) is 1.12. The summed E-state index contributed by atoms with van der Waals surface area (Å²) in [5.41, 5.74) is 0.725. The fourth-order valence-corrected chi connectivity index (χ4v) is 5.88. The first-order chi connectivity index (χ1) is 15.8. The number of aryl methyl sites for hydroxylation is 1. The Morgan fingerprint density at radius 3 is 2.45 bits per heavy atom. The number of aromatic nitrogens is 1. The van der Waals surface area contributed by atoms with Crippen LogP contribution in [-0.2, 0) is 23.6 Å². The molecule has 2 aromatic carbocycles. The summed E-state index contributed by atoms with van der Waals surface area (Å²) < 4.78 is 29.6. The third-order valence-corrected chi connectivity index (χ3v) is 8.27. The average molecular weight is 488 g/mol. The van der Waals surface area contributed by atoms with Gasteiger partial charge in [-0.1, -0.05) is 42.6 Å². The van der Waals surface area contributed by atoms with Crippen molar-refractivity contribution in [3.05, 3.63) is 75.0 Å². The molecule has 0 unspecified atom stereocenters. The zero-order valence-electron chi connectivity index (χ0n) is 18.4. The number of amides is 1. The van der Waals surface area contributed by atoms with Gasteiger partial charge in [0.1, 0.15) is 5.56 Å². The van der Waals surface area contributed by atoms with Crippen molar-refractivity contribution in [2.75, 3.05) is 13.1 Å². The summed E-state index contributed by atoms with van der Waals surface area (Å²) in [5, 5.41) is 3.44. The van der Waals surface area contributed by atoms with Gasteiger partial charge in [-0.2, -0.15) is 4.31 Å². The summed E-state index contributed by atoms with van der Waals surface area (Å²) in [6, 6.07) is 11.7. The van der Waals surface area contributed by atoms with Gasteiger partial charge in [0.25, 0.3) is 5.91 Å². The van der Waals surface area contributed by atoms with Crippen LogP contribution in [0.15, 0.2) is 58.4 Å². The molecule has 1 aliphatic rings. The van der Waals surface area contributed by atoms with Gasteiger partial charge in [-0.05, 0) is 42.7 Å². The number of fused-ring (bicyclic) bond motifs is 1. The van der Waals surface area contributed by atoms with E-state index in [-0.39, 0.29) is 22.4 Å². The molecule has 1 saturated heterocycles. The van der Waals surface area contributed by atoms with Crippen molar-refractivity contribution >= 4 is 38.4 Å². The van der Waals surface area contributed by atoms with Crippen molar-refractivity contribution in [2.24, 2.45) is 7.05 Å². The second-order valence-corrected chi connectivity index (χ2v) is 10.6. The SMILES string of the molecule is Cn1cc(C(=O)NCc2ccccc2Cl)c(=O)c2cc(S(=O)(=O)N3CCCCCC3)ccc21. The minimum Gasteiger partial charge on any atom is -0.350 e. The predicted molar refractivity (Wildman–Crippen MR) is 129 cm³/mol. The lowest BCUT2D eigenvalue weighted by Crippen LogP contribution is -2.32. The molecular formula is C24H26ClN3O4S. The number of sulfonamides is 1. The van der Waals surface area contributed by atoms with Gasteiger partial charge in [0, 0.05) is 43.3 Å². The monoisotopic (exact) mass is 487 g/mol. The number of hydrogen-bond acceptors (Lipinski definition) is 4. The van der Waals surface area contributed by atoms with Crippen LogP contribution in [0.5, 0.6) is 0 Å². The third kappa shape index (κ3) is 4.83. The third-order valence-electron chi connectivity index (χ3n) is 6.00. The molecule has 1 aliphatic heterocycles. The quantitative estimate of drug-likeness (QED) is 0.594. The number of hydrogen-bond donors (Lipinski definition) is 1. The molecule has 7 nitrogen and oxygen atoms in total. The van der Waals surface area contributed by atoms with E-state index in [4.69, 9.17) is 11.6 Å². The molecule has 0 aliphatic carbocycles. The smallest absolute Gasteiger partial charge is 0.257 e. The van der Waals surface area contributed by atoms with Crippen molar-refractivity contribution in [2.45, 2.75) is 37.1 Å². The van der Waals surface area contributed by atoms with E-state index < -0.39 is 21.4 Å². The van der Waals surface area contributed by atoms with Crippen LogP contribution >= 0.6 is 11.6 Å². The van der Waals surface area contributed by atoms with Gasteiger partial charge in [-0.3, -0.25) is 9.59 Å². The van der Waals surface area contributed by atoms with Crippen LogP contribution in [0.4, 0.5) is 0 Å². The van der Waals surface area contributed by atoms with Crippen molar-refractivity contribution in [3.8, 4) is 0 Å². The Labute approximate surface area is 198 Å². The summed E-state index contributed by atoms with van der Waals surface area (Å²) in [5.74, 6) is -0.543. The number of nitrogens with zero attached hydrogens (tertiary/aromatic N) is 2. The molecule has 9 heteroatoms. The Morgan fingerprint density at radius 2 is 1.76 bits per heavy atom. The lowest BCUT2D eigenvalue weighted by molar-refractivity contribution is 0.0949. The lowest BCUT2D eigenvalue weighted by Gasteiger charge is -2.20. The van der Waals surface area contributed by atoms with Crippen LogP contribution < -0.4 is 10.7 Å². The maximum atomic E-state index is 13.2. The van der Waals surface area contributed by atoms with Crippen LogP contribution in [0.1, 0.15) is 41.6 Å². The van der Waals surface area contributed by atoms with Crippen LogP contribution in [0.25, 0.3) is 10.9 Å². The van der Waals surface area contributed by atoms with Crippen LogP contribution in [0.3, 0.4) is 0 Å². The number of nitrogens with one attached hydrogen (secondary N) is 1. The second-order valence-electron chi connectivity index (χ2n) is 8.25. The summed E-state index contributed by atoms with van der Waals surface area (Å²) in [6.07, 6.45) is 5.14. The summed E-state index contributed by atoms with van der Waals surface area (Å²) in [4.78, 5) is 26.1. The number of carbonyl (C=O) groups excluding carboxylic acids is 1. The topological polar surface area (TPSA) is 88.5 Å². The molecule has 2 heterocycles. The Balaban J connectivity index is 1.68. The Morgan fingerprint density at radius 1 is 1.06 bits per heavy atom. The normalized spacial score (nSPS) is 15.3. The molecule has 0 saturated carbocycles. The molecular weight excluding hydrogens is 462 g/mol. The van der Waals surface area contributed by atoms with Gasteiger partial charge in [-0.25, -0.2) is 8.42 Å². The van der Waals surface area contributed by atoms with Gasteiger partial charge in [0.15, 0.2) is 0 Å². The molecule has 1 fully saturated rings. The standard InChI is InChI=1S/C24H26ClN3O4S/c1-27-16-20(24(30)26-15-17-8-4-5-9-21(17)25)23(29)19-14-18(10-11-22(19)27)33(31,32)28-12-6-2-3-7-13-28/h4-5,8-11,14,16H,2-3,6-7,12-13,15H2,1H3,(H,26,30). The molecule has 0 atom stereocenters. The van der Waals surface area contributed by atoms with Gasteiger partial charge < -0.3 is 9.88 Å². The largest absolute Gasteiger partial charge is 0.350 e. The zero-order chi connectivity index (χ0) is 23.6. The van der Waals surface area contributed by atoms with Crippen LogP contribution in [0.2, 0.25) is 5.02 Å². The lowest BCUT2D eigenvalue weighted by atomic mass is 10.1. The molecule has 1 N–H and O–H groups in total. The summed E-state index contributed by atoms with van der Waals surface area (Å²) in [7, 11) is -2.00.